The van der Waals surface area contributed by atoms with E-state index in [9.17, 15) is 9.59 Å². The fourth-order valence-corrected chi connectivity index (χ4v) is 4.08. The number of nitrogens with zero attached hydrogens (tertiary/aromatic N) is 3. The highest BCUT2D eigenvalue weighted by atomic mass is 16.1. The molecule has 0 aromatic carbocycles. The molecular weight excluding hydrogens is 342 g/mol. The number of rotatable bonds is 4. The van der Waals surface area contributed by atoms with E-state index in [4.69, 9.17) is 4.98 Å². The number of H-pyrrole nitrogens is 1. The number of carbonyl (C=O) groups excluding carboxylic acids is 1. The number of nitrogens with one attached hydrogen (secondary N) is 2. The maximum atomic E-state index is 12.6. The van der Waals surface area contributed by atoms with Gasteiger partial charge in [-0.2, -0.15) is 0 Å². The summed E-state index contributed by atoms with van der Waals surface area (Å²) in [4.78, 5) is 34.3. The summed E-state index contributed by atoms with van der Waals surface area (Å²) in [6, 6.07) is 3.67. The summed E-state index contributed by atoms with van der Waals surface area (Å²) in [6.45, 7) is 5.86. The van der Waals surface area contributed by atoms with Crippen LogP contribution in [-0.2, 0) is 7.05 Å². The van der Waals surface area contributed by atoms with Gasteiger partial charge in [-0.1, -0.05) is 0 Å². The van der Waals surface area contributed by atoms with Gasteiger partial charge < -0.3 is 14.8 Å². The minimum atomic E-state index is -0.0928. The molecule has 2 aliphatic rings. The molecule has 27 heavy (non-hydrogen) atoms. The van der Waals surface area contributed by atoms with Crippen LogP contribution in [0.15, 0.2) is 16.9 Å². The first-order valence-electron chi connectivity index (χ1n) is 9.72. The van der Waals surface area contributed by atoms with Gasteiger partial charge in [0.2, 0.25) is 5.95 Å². The molecule has 1 amide bonds. The van der Waals surface area contributed by atoms with Crippen molar-refractivity contribution in [2.24, 2.45) is 7.05 Å². The molecule has 2 fully saturated rings. The van der Waals surface area contributed by atoms with Gasteiger partial charge >= 0.3 is 0 Å². The van der Waals surface area contributed by atoms with E-state index in [1.807, 2.05) is 31.5 Å². The number of aryl methyl sites for hydroxylation is 1. The van der Waals surface area contributed by atoms with E-state index in [0.717, 1.165) is 61.4 Å². The van der Waals surface area contributed by atoms with E-state index < -0.39 is 0 Å². The van der Waals surface area contributed by atoms with Crippen LogP contribution in [0.4, 0.5) is 5.95 Å². The first-order valence-corrected chi connectivity index (χ1v) is 9.72. The number of hydrogen-bond acceptors (Lipinski definition) is 4. The molecule has 2 aromatic heterocycles. The van der Waals surface area contributed by atoms with Crippen LogP contribution < -0.4 is 15.8 Å². The molecule has 1 aliphatic carbocycles. The Balaban J connectivity index is 1.40. The number of hydrogen-bond donors (Lipinski definition) is 2. The molecule has 7 nitrogen and oxygen atoms in total. The molecule has 7 heteroatoms. The van der Waals surface area contributed by atoms with Crippen LogP contribution in [0, 0.1) is 13.8 Å². The van der Waals surface area contributed by atoms with Crippen LogP contribution in [0.2, 0.25) is 0 Å². The second-order valence-corrected chi connectivity index (χ2v) is 7.87. The van der Waals surface area contributed by atoms with E-state index in [-0.39, 0.29) is 23.4 Å². The molecule has 1 aliphatic heterocycles. The molecular formula is C20H27N5O2. The Kier molecular flexibility index (Phi) is 4.53. The summed E-state index contributed by atoms with van der Waals surface area (Å²) in [6.07, 6.45) is 3.94. The van der Waals surface area contributed by atoms with E-state index in [0.29, 0.717) is 5.95 Å². The Bertz CT molecular complexity index is 917. The van der Waals surface area contributed by atoms with Crippen molar-refractivity contribution in [3.8, 4) is 0 Å². The molecule has 0 unspecified atom stereocenters. The lowest BCUT2D eigenvalue weighted by Crippen LogP contribution is -2.44. The predicted molar refractivity (Wildman–Crippen MR) is 104 cm³/mol. The molecule has 3 heterocycles. The normalized spacial score (nSPS) is 22.0. The van der Waals surface area contributed by atoms with Crippen LogP contribution in [0.25, 0.3) is 0 Å². The van der Waals surface area contributed by atoms with Gasteiger partial charge in [0.25, 0.3) is 11.5 Å². The Morgan fingerprint density at radius 2 is 1.93 bits per heavy atom. The first kappa shape index (κ1) is 17.8. The quantitative estimate of drug-likeness (QED) is 0.864. The molecule has 0 atom stereocenters. The minimum Gasteiger partial charge on any atom is -0.351 e. The predicted octanol–water partition coefficient (Wildman–Crippen LogP) is 2.00. The van der Waals surface area contributed by atoms with Gasteiger partial charge in [0.05, 0.1) is 11.3 Å². The monoisotopic (exact) mass is 369 g/mol. The highest BCUT2D eigenvalue weighted by Crippen LogP contribution is 2.36. The van der Waals surface area contributed by atoms with Crippen molar-refractivity contribution in [2.75, 3.05) is 18.0 Å². The zero-order valence-corrected chi connectivity index (χ0v) is 16.2. The molecule has 144 valence electrons. The Morgan fingerprint density at radius 3 is 2.56 bits per heavy atom. The summed E-state index contributed by atoms with van der Waals surface area (Å²) in [7, 11) is 1.97. The Morgan fingerprint density at radius 1 is 1.22 bits per heavy atom. The first-order chi connectivity index (χ1) is 12.9. The van der Waals surface area contributed by atoms with Crippen molar-refractivity contribution in [3.05, 3.63) is 45.1 Å². The van der Waals surface area contributed by atoms with Gasteiger partial charge in [-0.25, -0.2) is 4.98 Å². The Hall–Kier alpha value is -2.57. The molecule has 2 N–H and O–H groups in total. The maximum Gasteiger partial charge on any atom is 0.253 e. The van der Waals surface area contributed by atoms with Crippen LogP contribution in [0.5, 0.6) is 0 Å². The van der Waals surface area contributed by atoms with Gasteiger partial charge in [0, 0.05) is 49.6 Å². The SMILES string of the molecule is Cc1cc(C(=O)NC2CC(c3cc(=O)[nH]c(N4CCCC4)n3)C2)c(C)n1C. The fraction of sp³-hybridized carbons (Fsp3) is 0.550. The van der Waals surface area contributed by atoms with Gasteiger partial charge in [-0.15, -0.1) is 0 Å². The zero-order valence-electron chi connectivity index (χ0n) is 16.2. The second kappa shape index (κ2) is 6.87. The fourth-order valence-electron chi connectivity index (χ4n) is 4.08. The van der Waals surface area contributed by atoms with Gasteiger partial charge in [0.15, 0.2) is 0 Å². The third-order valence-electron chi connectivity index (χ3n) is 6.07. The average molecular weight is 369 g/mol. The van der Waals surface area contributed by atoms with Gasteiger partial charge in [-0.3, -0.25) is 14.6 Å². The van der Waals surface area contributed by atoms with Crippen LogP contribution >= 0.6 is 0 Å². The number of aromatic nitrogens is 3. The lowest BCUT2D eigenvalue weighted by Gasteiger charge is -2.35. The summed E-state index contributed by atoms with van der Waals surface area (Å²) < 4.78 is 2.03. The van der Waals surface area contributed by atoms with Crippen molar-refractivity contribution >= 4 is 11.9 Å². The smallest absolute Gasteiger partial charge is 0.253 e. The van der Waals surface area contributed by atoms with E-state index in [1.165, 1.54) is 0 Å². The summed E-state index contributed by atoms with van der Waals surface area (Å²) in [5.74, 6) is 0.909. The molecule has 0 bridgehead atoms. The number of carbonyl (C=O) groups is 1. The minimum absolute atomic E-state index is 0.0173. The number of aromatic amines is 1. The highest BCUT2D eigenvalue weighted by Gasteiger charge is 2.34. The zero-order chi connectivity index (χ0) is 19.1. The number of anilines is 1. The maximum absolute atomic E-state index is 12.6. The molecule has 1 saturated carbocycles. The van der Waals surface area contributed by atoms with Crippen LogP contribution in [0.3, 0.4) is 0 Å². The summed E-state index contributed by atoms with van der Waals surface area (Å²) in [5.41, 5.74) is 3.55. The van der Waals surface area contributed by atoms with Crippen molar-refractivity contribution in [2.45, 2.75) is 51.5 Å². The summed E-state index contributed by atoms with van der Waals surface area (Å²) in [5, 5.41) is 3.12. The average Bonchev–Trinajstić information content (AvgIpc) is 3.22. The molecule has 0 radical (unpaired) electrons. The molecule has 0 spiro atoms. The standard InChI is InChI=1S/C20H27N5O2/c1-12-8-16(13(2)24(12)3)19(27)21-15-9-14(10-15)17-11-18(26)23-20(22-17)25-6-4-5-7-25/h8,11,14-15H,4-7,9-10H2,1-3H3,(H,21,27)(H,22,23,26). The molecule has 1 saturated heterocycles. The van der Waals surface area contributed by atoms with Crippen molar-refractivity contribution in [1.82, 2.24) is 19.9 Å². The number of amides is 1. The third kappa shape index (κ3) is 3.38. The van der Waals surface area contributed by atoms with Gasteiger partial charge in [-0.05, 0) is 45.6 Å². The highest BCUT2D eigenvalue weighted by molar-refractivity contribution is 5.96. The van der Waals surface area contributed by atoms with E-state index in [1.54, 1.807) is 6.07 Å². The van der Waals surface area contributed by atoms with Crippen molar-refractivity contribution in [3.63, 3.8) is 0 Å². The van der Waals surface area contributed by atoms with E-state index >= 15 is 0 Å². The largest absolute Gasteiger partial charge is 0.351 e. The van der Waals surface area contributed by atoms with Crippen LogP contribution in [0.1, 0.15) is 59.0 Å². The van der Waals surface area contributed by atoms with E-state index in [2.05, 4.69) is 15.2 Å². The summed E-state index contributed by atoms with van der Waals surface area (Å²) >= 11 is 0. The van der Waals surface area contributed by atoms with Crippen molar-refractivity contribution in [1.29, 1.82) is 0 Å². The lowest BCUT2D eigenvalue weighted by atomic mass is 9.78. The third-order valence-corrected chi connectivity index (χ3v) is 6.07. The Labute approximate surface area is 158 Å². The lowest BCUT2D eigenvalue weighted by molar-refractivity contribution is 0.0907. The van der Waals surface area contributed by atoms with Crippen molar-refractivity contribution < 1.29 is 4.79 Å². The molecule has 2 aromatic rings. The topological polar surface area (TPSA) is 83.0 Å². The van der Waals surface area contributed by atoms with Gasteiger partial charge in [0.1, 0.15) is 0 Å². The molecule has 4 rings (SSSR count). The second-order valence-electron chi connectivity index (χ2n) is 7.87. The van der Waals surface area contributed by atoms with Crippen LogP contribution in [-0.4, -0.2) is 39.6 Å².